The van der Waals surface area contributed by atoms with Gasteiger partial charge >= 0.3 is 0 Å². The molecule has 4 aliphatic carbocycles. The summed E-state index contributed by atoms with van der Waals surface area (Å²) in [6.45, 7) is 4.30. The van der Waals surface area contributed by atoms with Gasteiger partial charge in [-0.2, -0.15) is 0 Å². The van der Waals surface area contributed by atoms with Crippen molar-refractivity contribution in [2.24, 2.45) is 28.6 Å². The molecule has 3 heteroatoms. The van der Waals surface area contributed by atoms with Gasteiger partial charge in [0.05, 0.1) is 12.2 Å². The Hall–Kier alpha value is -0.410. The van der Waals surface area contributed by atoms with Crippen LogP contribution in [0.5, 0.6) is 0 Å². The zero-order valence-corrected chi connectivity index (χ0v) is 13.8. The zero-order valence-electron chi connectivity index (χ0n) is 13.8. The van der Waals surface area contributed by atoms with Gasteiger partial charge in [-0.15, -0.1) is 0 Å². The molecule has 0 heterocycles. The summed E-state index contributed by atoms with van der Waals surface area (Å²) >= 11 is 0. The first kappa shape index (κ1) is 15.1. The second-order valence-electron chi connectivity index (χ2n) is 8.78. The lowest BCUT2D eigenvalue weighted by atomic mass is 9.47. The summed E-state index contributed by atoms with van der Waals surface area (Å²) in [7, 11) is 0. The molecular formula is C19H29FO2. The first-order valence-electron chi connectivity index (χ1n) is 9.08. The van der Waals surface area contributed by atoms with E-state index in [9.17, 15) is 14.6 Å². The number of aliphatic hydroxyl groups is 2. The van der Waals surface area contributed by atoms with Gasteiger partial charge in [-0.05, 0) is 61.7 Å². The lowest BCUT2D eigenvalue weighted by Gasteiger charge is -2.58. The maximum absolute atomic E-state index is 14.2. The van der Waals surface area contributed by atoms with Crippen LogP contribution < -0.4 is 0 Å². The number of rotatable bonds is 0. The highest BCUT2D eigenvalue weighted by molar-refractivity contribution is 5.25. The van der Waals surface area contributed by atoms with Gasteiger partial charge in [0.25, 0.3) is 0 Å². The fourth-order valence-corrected chi connectivity index (χ4v) is 6.62. The van der Waals surface area contributed by atoms with E-state index in [1.165, 1.54) is 25.7 Å². The molecule has 4 aliphatic rings. The third-order valence-electron chi connectivity index (χ3n) is 8.07. The van der Waals surface area contributed by atoms with Crippen molar-refractivity contribution >= 4 is 0 Å². The third kappa shape index (κ3) is 1.73. The minimum absolute atomic E-state index is 0.114. The Morgan fingerprint density at radius 3 is 2.68 bits per heavy atom. The van der Waals surface area contributed by atoms with Crippen molar-refractivity contribution in [3.63, 3.8) is 0 Å². The van der Waals surface area contributed by atoms with Crippen LogP contribution in [-0.4, -0.2) is 28.6 Å². The van der Waals surface area contributed by atoms with Gasteiger partial charge in [0, 0.05) is 5.41 Å². The maximum Gasteiger partial charge on any atom is 0.127 e. The second kappa shape index (κ2) is 4.80. The molecule has 3 fully saturated rings. The first-order chi connectivity index (χ1) is 10.4. The average molecular weight is 308 g/mol. The maximum atomic E-state index is 14.2. The van der Waals surface area contributed by atoms with Crippen LogP contribution in [0, 0.1) is 28.6 Å². The van der Waals surface area contributed by atoms with E-state index in [0.717, 1.165) is 12.8 Å². The van der Waals surface area contributed by atoms with Crippen molar-refractivity contribution in [1.82, 2.24) is 0 Å². The Morgan fingerprint density at radius 1 is 1.14 bits per heavy atom. The Labute approximate surface area is 132 Å². The topological polar surface area (TPSA) is 40.5 Å². The van der Waals surface area contributed by atoms with Crippen LogP contribution in [0.4, 0.5) is 4.39 Å². The van der Waals surface area contributed by atoms with E-state index < -0.39 is 23.8 Å². The Kier molecular flexibility index (Phi) is 3.30. The molecule has 0 saturated heterocycles. The fraction of sp³-hybridized carbons (Fsp3) is 0.895. The molecular weight excluding hydrogens is 279 g/mol. The van der Waals surface area contributed by atoms with Crippen LogP contribution in [0.3, 0.4) is 0 Å². The van der Waals surface area contributed by atoms with Crippen LogP contribution >= 0.6 is 0 Å². The summed E-state index contributed by atoms with van der Waals surface area (Å²) in [5.74, 6) is 0.997. The second-order valence-corrected chi connectivity index (χ2v) is 8.78. The van der Waals surface area contributed by atoms with Crippen molar-refractivity contribution in [3.8, 4) is 0 Å². The van der Waals surface area contributed by atoms with Gasteiger partial charge in [0.2, 0.25) is 0 Å². The summed E-state index contributed by atoms with van der Waals surface area (Å²) in [5.41, 5.74) is 1.13. The molecule has 2 N–H and O–H groups in total. The Balaban J connectivity index is 1.74. The molecule has 0 unspecified atom stereocenters. The number of alkyl halides is 1. The molecule has 4 rings (SSSR count). The van der Waals surface area contributed by atoms with Crippen LogP contribution in [-0.2, 0) is 0 Å². The average Bonchev–Trinajstić information content (AvgIpc) is 2.73. The van der Waals surface area contributed by atoms with Gasteiger partial charge in [0.15, 0.2) is 0 Å². The Morgan fingerprint density at radius 2 is 1.91 bits per heavy atom. The van der Waals surface area contributed by atoms with E-state index in [1.54, 1.807) is 5.57 Å². The van der Waals surface area contributed by atoms with E-state index in [-0.39, 0.29) is 11.3 Å². The third-order valence-corrected chi connectivity index (χ3v) is 8.07. The first-order valence-corrected chi connectivity index (χ1v) is 9.08. The highest BCUT2D eigenvalue weighted by Crippen LogP contribution is 2.65. The lowest BCUT2D eigenvalue weighted by Crippen LogP contribution is -2.57. The quantitative estimate of drug-likeness (QED) is 0.671. The van der Waals surface area contributed by atoms with Crippen molar-refractivity contribution in [1.29, 1.82) is 0 Å². The number of hydrogen-bond donors (Lipinski definition) is 2. The molecule has 0 bridgehead atoms. The van der Waals surface area contributed by atoms with E-state index in [1.807, 2.05) is 6.92 Å². The van der Waals surface area contributed by atoms with E-state index in [2.05, 4.69) is 13.0 Å². The van der Waals surface area contributed by atoms with Gasteiger partial charge in [0.1, 0.15) is 6.17 Å². The van der Waals surface area contributed by atoms with Crippen molar-refractivity contribution in [2.75, 3.05) is 0 Å². The normalized spacial score (nSPS) is 57.6. The molecule has 0 spiro atoms. The Bertz CT molecular complexity index is 504. The molecule has 8 atom stereocenters. The predicted octanol–water partition coefficient (Wildman–Crippen LogP) is 3.62. The summed E-state index contributed by atoms with van der Waals surface area (Å²) in [6, 6.07) is 0. The molecule has 0 aromatic heterocycles. The van der Waals surface area contributed by atoms with E-state index >= 15 is 0 Å². The van der Waals surface area contributed by atoms with Crippen molar-refractivity contribution in [3.05, 3.63) is 11.6 Å². The monoisotopic (exact) mass is 308 g/mol. The molecule has 0 aromatic rings. The smallest absolute Gasteiger partial charge is 0.127 e. The van der Waals surface area contributed by atoms with Crippen molar-refractivity contribution in [2.45, 2.75) is 77.2 Å². The number of halogens is 1. The summed E-state index contributed by atoms with van der Waals surface area (Å²) in [6.07, 6.45) is 6.81. The van der Waals surface area contributed by atoms with Gasteiger partial charge in [-0.3, -0.25) is 0 Å². The van der Waals surface area contributed by atoms with Gasteiger partial charge in [-0.1, -0.05) is 31.9 Å². The van der Waals surface area contributed by atoms with Gasteiger partial charge < -0.3 is 10.2 Å². The van der Waals surface area contributed by atoms with Crippen LogP contribution in [0.15, 0.2) is 11.6 Å². The minimum Gasteiger partial charge on any atom is -0.392 e. The molecule has 124 valence electrons. The minimum atomic E-state index is -1.17. The summed E-state index contributed by atoms with van der Waals surface area (Å²) in [5, 5.41) is 21.2. The zero-order chi connectivity index (χ0) is 15.7. The number of hydrogen-bond acceptors (Lipinski definition) is 2. The fourth-order valence-electron chi connectivity index (χ4n) is 6.62. The van der Waals surface area contributed by atoms with E-state index in [0.29, 0.717) is 18.3 Å². The van der Waals surface area contributed by atoms with E-state index in [4.69, 9.17) is 0 Å². The summed E-state index contributed by atoms with van der Waals surface area (Å²) in [4.78, 5) is 0. The molecule has 0 radical (unpaired) electrons. The van der Waals surface area contributed by atoms with Crippen molar-refractivity contribution < 1.29 is 14.6 Å². The number of allylic oxidation sites excluding steroid dienone is 2. The molecule has 0 aromatic carbocycles. The highest BCUT2D eigenvalue weighted by atomic mass is 19.1. The molecule has 0 amide bonds. The molecule has 22 heavy (non-hydrogen) atoms. The standard InChI is InChI=1S/C19H29FO2/c1-18-8-4-3-5-11(18)6-7-12-13(18)10-16(21)19(2)14(12)9-15(20)17(19)22/h6,12-17,21-22H,3-5,7-10H2,1-2H3/t12-,13+,14+,15-,16-,17+,18+,19-/m1/s1. The summed E-state index contributed by atoms with van der Waals surface area (Å²) < 4.78 is 14.2. The molecule has 3 saturated carbocycles. The molecule has 2 nitrogen and oxygen atoms in total. The van der Waals surface area contributed by atoms with Crippen LogP contribution in [0.1, 0.15) is 58.8 Å². The lowest BCUT2D eigenvalue weighted by molar-refractivity contribution is -0.148. The largest absolute Gasteiger partial charge is 0.392 e. The predicted molar refractivity (Wildman–Crippen MR) is 84.0 cm³/mol. The number of fused-ring (bicyclic) bond motifs is 5. The SMILES string of the molecule is C[C@]12[C@H](O)C[C@H]3[C@@H](CC=C4CCCC[C@@]43C)[C@@H]1C[C@@H](F)[C@@H]2O. The highest BCUT2D eigenvalue weighted by Gasteiger charge is 2.64. The number of aliphatic hydroxyl groups excluding tert-OH is 2. The van der Waals surface area contributed by atoms with Gasteiger partial charge in [-0.25, -0.2) is 4.39 Å². The van der Waals surface area contributed by atoms with Crippen LogP contribution in [0.2, 0.25) is 0 Å². The molecule has 0 aliphatic heterocycles. The van der Waals surface area contributed by atoms with Crippen LogP contribution in [0.25, 0.3) is 0 Å².